The summed E-state index contributed by atoms with van der Waals surface area (Å²) < 4.78 is 14.9. The molecule has 2 aromatic rings. The summed E-state index contributed by atoms with van der Waals surface area (Å²) in [4.78, 5) is 15.6. The number of aromatic nitrogens is 2. The third-order valence-corrected chi connectivity index (χ3v) is 3.92. The van der Waals surface area contributed by atoms with E-state index in [2.05, 4.69) is 20.9 Å². The van der Waals surface area contributed by atoms with E-state index >= 15 is 0 Å². The zero-order chi connectivity index (χ0) is 13.3. The first-order chi connectivity index (χ1) is 8.50. The molecule has 0 saturated carbocycles. The number of nitrogens with zero attached hydrogens (tertiary/aromatic N) is 2. The van der Waals surface area contributed by atoms with Crippen LogP contribution in [-0.4, -0.2) is 9.55 Å². The Kier molecular flexibility index (Phi) is 4.04. The van der Waals surface area contributed by atoms with E-state index in [9.17, 15) is 9.18 Å². The lowest BCUT2D eigenvalue weighted by molar-refractivity contribution is 0.614. The minimum Gasteiger partial charge on any atom is -0.293 e. The van der Waals surface area contributed by atoms with E-state index in [0.29, 0.717) is 10.0 Å². The standard InChI is InChI=1S/C11H6BrCl2FN2O/c12-8-6(2-1-3-7(8)15)4-17-5-16-10(14)9(13)11(17)18/h1-3,5H,4H2. The Bertz CT molecular complexity index is 660. The van der Waals surface area contributed by atoms with Gasteiger partial charge in [0.15, 0.2) is 5.15 Å². The van der Waals surface area contributed by atoms with Crippen LogP contribution in [0.5, 0.6) is 0 Å². The molecule has 3 nitrogen and oxygen atoms in total. The molecule has 0 fully saturated rings. The third kappa shape index (κ3) is 2.58. The molecule has 0 aliphatic carbocycles. The van der Waals surface area contributed by atoms with Gasteiger partial charge < -0.3 is 0 Å². The van der Waals surface area contributed by atoms with Gasteiger partial charge >= 0.3 is 0 Å². The van der Waals surface area contributed by atoms with E-state index in [1.807, 2.05) is 0 Å². The van der Waals surface area contributed by atoms with E-state index in [-0.39, 0.29) is 16.7 Å². The van der Waals surface area contributed by atoms with E-state index in [0.717, 1.165) is 0 Å². The van der Waals surface area contributed by atoms with Gasteiger partial charge in [-0.15, -0.1) is 0 Å². The molecule has 0 amide bonds. The van der Waals surface area contributed by atoms with Gasteiger partial charge in [0.1, 0.15) is 10.8 Å². The molecule has 7 heteroatoms. The minimum atomic E-state index is -0.465. The van der Waals surface area contributed by atoms with E-state index in [1.165, 1.54) is 17.0 Å². The highest BCUT2D eigenvalue weighted by Gasteiger charge is 2.10. The zero-order valence-electron chi connectivity index (χ0n) is 8.83. The Morgan fingerprint density at radius 1 is 1.39 bits per heavy atom. The topological polar surface area (TPSA) is 34.9 Å². The molecular weight excluding hydrogens is 346 g/mol. The van der Waals surface area contributed by atoms with Crippen LogP contribution in [0, 0.1) is 5.82 Å². The SMILES string of the molecule is O=c1c(Cl)c(Cl)ncn1Cc1cccc(F)c1Br. The quantitative estimate of drug-likeness (QED) is 0.776. The highest BCUT2D eigenvalue weighted by atomic mass is 79.9. The monoisotopic (exact) mass is 350 g/mol. The number of hydrogen-bond donors (Lipinski definition) is 0. The second kappa shape index (κ2) is 5.38. The summed E-state index contributed by atoms with van der Waals surface area (Å²) in [7, 11) is 0. The van der Waals surface area contributed by atoms with Crippen molar-refractivity contribution in [2.45, 2.75) is 6.54 Å². The minimum absolute atomic E-state index is 0.0452. The summed E-state index contributed by atoms with van der Waals surface area (Å²) in [6.45, 7) is 0.154. The number of halogens is 4. The Hall–Kier alpha value is -0.910. The highest BCUT2D eigenvalue weighted by molar-refractivity contribution is 9.10. The maximum atomic E-state index is 13.3. The van der Waals surface area contributed by atoms with Gasteiger partial charge in [-0.2, -0.15) is 0 Å². The first kappa shape index (κ1) is 13.5. The summed E-state index contributed by atoms with van der Waals surface area (Å²) >= 11 is 14.5. The lowest BCUT2D eigenvalue weighted by atomic mass is 10.2. The van der Waals surface area contributed by atoms with Gasteiger partial charge in [0.2, 0.25) is 0 Å². The van der Waals surface area contributed by atoms with Crippen molar-refractivity contribution in [1.29, 1.82) is 0 Å². The van der Waals surface area contributed by atoms with Gasteiger partial charge in [0, 0.05) is 0 Å². The lowest BCUT2D eigenvalue weighted by Gasteiger charge is -2.08. The summed E-state index contributed by atoms with van der Waals surface area (Å²) in [6.07, 6.45) is 1.27. The predicted molar refractivity (Wildman–Crippen MR) is 71.7 cm³/mol. The molecule has 94 valence electrons. The maximum Gasteiger partial charge on any atom is 0.273 e. The van der Waals surface area contributed by atoms with Crippen molar-refractivity contribution in [1.82, 2.24) is 9.55 Å². The number of benzene rings is 1. The number of rotatable bonds is 2. The van der Waals surface area contributed by atoms with Crippen LogP contribution in [-0.2, 0) is 6.54 Å². The summed E-state index contributed by atoms with van der Waals surface area (Å²) in [5.41, 5.74) is 0.144. The van der Waals surface area contributed by atoms with Crippen LogP contribution < -0.4 is 5.56 Å². The molecule has 0 N–H and O–H groups in total. The van der Waals surface area contributed by atoms with Gasteiger partial charge in [-0.25, -0.2) is 9.37 Å². The van der Waals surface area contributed by atoms with Crippen LogP contribution in [0.3, 0.4) is 0 Å². The normalized spacial score (nSPS) is 10.7. The van der Waals surface area contributed by atoms with Crippen molar-refractivity contribution in [3.63, 3.8) is 0 Å². The van der Waals surface area contributed by atoms with Crippen molar-refractivity contribution in [2.24, 2.45) is 0 Å². The zero-order valence-corrected chi connectivity index (χ0v) is 11.9. The Morgan fingerprint density at radius 3 is 2.83 bits per heavy atom. The molecule has 0 aliphatic rings. The second-order valence-corrected chi connectivity index (χ2v) is 5.02. The van der Waals surface area contributed by atoms with Crippen molar-refractivity contribution in [2.75, 3.05) is 0 Å². The third-order valence-electron chi connectivity index (χ3n) is 2.31. The highest BCUT2D eigenvalue weighted by Crippen LogP contribution is 2.21. The Morgan fingerprint density at radius 2 is 2.11 bits per heavy atom. The van der Waals surface area contributed by atoms with Gasteiger partial charge in [0.25, 0.3) is 5.56 Å². The molecule has 0 unspecified atom stereocenters. The van der Waals surface area contributed by atoms with Crippen LogP contribution >= 0.6 is 39.1 Å². The van der Waals surface area contributed by atoms with Crippen molar-refractivity contribution < 1.29 is 4.39 Å². The molecule has 0 radical (unpaired) electrons. The van der Waals surface area contributed by atoms with Gasteiger partial charge in [-0.1, -0.05) is 35.3 Å². The average molecular weight is 352 g/mol. The fourth-order valence-electron chi connectivity index (χ4n) is 1.41. The maximum absolute atomic E-state index is 13.3. The molecule has 0 bridgehead atoms. The van der Waals surface area contributed by atoms with Crippen LogP contribution in [0.1, 0.15) is 5.56 Å². The van der Waals surface area contributed by atoms with E-state index < -0.39 is 11.4 Å². The van der Waals surface area contributed by atoms with E-state index in [1.54, 1.807) is 12.1 Å². The smallest absolute Gasteiger partial charge is 0.273 e. The summed E-state index contributed by atoms with van der Waals surface area (Å²) in [6, 6.07) is 4.58. The number of hydrogen-bond acceptors (Lipinski definition) is 2. The van der Waals surface area contributed by atoms with Crippen molar-refractivity contribution in [3.8, 4) is 0 Å². The molecule has 1 aromatic heterocycles. The van der Waals surface area contributed by atoms with Crippen LogP contribution in [0.2, 0.25) is 10.2 Å². The molecule has 0 saturated heterocycles. The average Bonchev–Trinajstić information content (AvgIpc) is 2.35. The van der Waals surface area contributed by atoms with Gasteiger partial charge in [0.05, 0.1) is 17.3 Å². The molecule has 0 aliphatic heterocycles. The largest absolute Gasteiger partial charge is 0.293 e. The first-order valence-electron chi connectivity index (χ1n) is 4.84. The fraction of sp³-hybridized carbons (Fsp3) is 0.0909. The first-order valence-corrected chi connectivity index (χ1v) is 6.39. The molecular formula is C11H6BrCl2FN2O. The molecule has 18 heavy (non-hydrogen) atoms. The van der Waals surface area contributed by atoms with Crippen LogP contribution in [0.4, 0.5) is 4.39 Å². The molecule has 1 heterocycles. The fourth-order valence-corrected chi connectivity index (χ4v) is 2.08. The van der Waals surface area contributed by atoms with Crippen molar-refractivity contribution in [3.05, 3.63) is 60.9 Å². The van der Waals surface area contributed by atoms with Crippen LogP contribution in [0.25, 0.3) is 0 Å². The Balaban J connectivity index is 2.44. The molecule has 0 spiro atoms. The predicted octanol–water partition coefficient (Wildman–Crippen LogP) is 3.50. The second-order valence-electron chi connectivity index (χ2n) is 3.50. The molecule has 1 aromatic carbocycles. The molecule has 0 atom stereocenters. The lowest BCUT2D eigenvalue weighted by Crippen LogP contribution is -2.21. The van der Waals surface area contributed by atoms with Crippen molar-refractivity contribution >= 4 is 39.1 Å². The Labute approximate surface area is 120 Å². The van der Waals surface area contributed by atoms with Gasteiger partial charge in [-0.05, 0) is 27.6 Å². The van der Waals surface area contributed by atoms with E-state index in [4.69, 9.17) is 23.2 Å². The summed E-state index contributed by atoms with van der Waals surface area (Å²) in [5.74, 6) is -0.395. The molecule has 2 rings (SSSR count). The van der Waals surface area contributed by atoms with Gasteiger partial charge in [-0.3, -0.25) is 9.36 Å². The summed E-state index contributed by atoms with van der Waals surface area (Å²) in [5, 5.41) is -0.192. The van der Waals surface area contributed by atoms with Crippen LogP contribution in [0.15, 0.2) is 33.8 Å².